The van der Waals surface area contributed by atoms with Crippen LogP contribution in [-0.4, -0.2) is 29.6 Å². The number of rotatable bonds is 1. The van der Waals surface area contributed by atoms with E-state index in [0.717, 1.165) is 30.4 Å². The summed E-state index contributed by atoms with van der Waals surface area (Å²) in [6.07, 6.45) is 1.64. The maximum Gasteiger partial charge on any atom is 0.153 e. The second kappa shape index (κ2) is 4.41. The van der Waals surface area contributed by atoms with Crippen molar-refractivity contribution in [1.82, 2.24) is 4.98 Å². The molecule has 0 amide bonds. The lowest BCUT2D eigenvalue weighted by atomic mass is 10.2. The summed E-state index contributed by atoms with van der Waals surface area (Å²) in [6.45, 7) is 1.91. The molecule has 1 aromatic rings. The van der Waals surface area contributed by atoms with Crippen molar-refractivity contribution in [2.24, 2.45) is 0 Å². The summed E-state index contributed by atoms with van der Waals surface area (Å²) in [5.74, 6) is 2.95. The highest BCUT2D eigenvalue weighted by Gasteiger charge is 2.16. The predicted octanol–water partition coefficient (Wildman–Crippen LogP) is 1.09. The molecule has 1 aliphatic heterocycles. The highest BCUT2D eigenvalue weighted by molar-refractivity contribution is 7.99. The summed E-state index contributed by atoms with van der Waals surface area (Å²) < 4.78 is 0. The van der Waals surface area contributed by atoms with Gasteiger partial charge in [-0.25, -0.2) is 4.98 Å². The summed E-state index contributed by atoms with van der Waals surface area (Å²) in [6, 6.07) is 3.73. The van der Waals surface area contributed by atoms with Gasteiger partial charge in [-0.05, 0) is 6.07 Å². The normalized spacial score (nSPS) is 16.1. The number of anilines is 2. The summed E-state index contributed by atoms with van der Waals surface area (Å²) in [5, 5.41) is 8.86. The van der Waals surface area contributed by atoms with Gasteiger partial charge in [-0.15, -0.1) is 0 Å². The van der Waals surface area contributed by atoms with E-state index in [0.29, 0.717) is 11.3 Å². The van der Waals surface area contributed by atoms with Gasteiger partial charge in [0.25, 0.3) is 0 Å². The first-order valence-corrected chi connectivity index (χ1v) is 5.95. The molecule has 0 spiro atoms. The quantitative estimate of drug-likeness (QED) is 0.767. The van der Waals surface area contributed by atoms with E-state index in [9.17, 15) is 0 Å². The van der Waals surface area contributed by atoms with Crippen molar-refractivity contribution in [3.05, 3.63) is 17.8 Å². The molecule has 0 radical (unpaired) electrons. The third kappa shape index (κ3) is 2.00. The van der Waals surface area contributed by atoms with Gasteiger partial charge in [-0.2, -0.15) is 17.0 Å². The molecule has 2 N–H and O–H groups in total. The topological polar surface area (TPSA) is 65.9 Å². The molecule has 0 saturated carbocycles. The number of hydrogen-bond donors (Lipinski definition) is 1. The summed E-state index contributed by atoms with van der Waals surface area (Å²) >= 11 is 1.93. The Kier molecular flexibility index (Phi) is 2.97. The molecule has 15 heavy (non-hydrogen) atoms. The largest absolute Gasteiger partial charge is 0.395 e. The van der Waals surface area contributed by atoms with Crippen molar-refractivity contribution in [3.8, 4) is 6.07 Å². The van der Waals surface area contributed by atoms with E-state index in [1.807, 2.05) is 11.8 Å². The zero-order valence-corrected chi connectivity index (χ0v) is 9.13. The first-order valence-electron chi connectivity index (χ1n) is 4.80. The number of pyridine rings is 1. The molecule has 2 heterocycles. The van der Waals surface area contributed by atoms with Crippen LogP contribution in [0.3, 0.4) is 0 Å². The van der Waals surface area contributed by atoms with Crippen molar-refractivity contribution in [2.75, 3.05) is 35.2 Å². The van der Waals surface area contributed by atoms with Crippen molar-refractivity contribution in [2.45, 2.75) is 0 Å². The van der Waals surface area contributed by atoms with Crippen molar-refractivity contribution in [1.29, 1.82) is 5.26 Å². The SMILES string of the molecule is N#Cc1ccnc(N2CCSCC2)c1N. The maximum atomic E-state index is 8.86. The second-order valence-corrected chi connectivity index (χ2v) is 4.53. The molecule has 1 aliphatic rings. The molecule has 1 aromatic heterocycles. The van der Waals surface area contributed by atoms with Crippen molar-refractivity contribution in [3.63, 3.8) is 0 Å². The number of hydrogen-bond acceptors (Lipinski definition) is 5. The summed E-state index contributed by atoms with van der Waals surface area (Å²) in [4.78, 5) is 6.40. The van der Waals surface area contributed by atoms with E-state index < -0.39 is 0 Å². The molecule has 0 bridgehead atoms. The highest BCUT2D eigenvalue weighted by Crippen LogP contribution is 2.25. The van der Waals surface area contributed by atoms with Crippen LogP contribution in [0.1, 0.15) is 5.56 Å². The molecule has 5 heteroatoms. The Morgan fingerprint density at radius 1 is 1.47 bits per heavy atom. The van der Waals surface area contributed by atoms with Gasteiger partial charge in [-0.3, -0.25) is 0 Å². The Morgan fingerprint density at radius 3 is 2.87 bits per heavy atom. The standard InChI is InChI=1S/C10H12N4S/c11-7-8-1-2-13-10(9(8)12)14-3-5-15-6-4-14/h1-2H,3-6,12H2. The number of nitrogens with zero attached hydrogens (tertiary/aromatic N) is 3. The van der Waals surface area contributed by atoms with Crippen LogP contribution < -0.4 is 10.6 Å². The average Bonchev–Trinajstić information content (AvgIpc) is 2.30. The summed E-state index contributed by atoms with van der Waals surface area (Å²) in [5.41, 5.74) is 6.91. The number of nitrogen functional groups attached to an aromatic ring is 1. The molecular weight excluding hydrogens is 208 g/mol. The van der Waals surface area contributed by atoms with Gasteiger partial charge in [0.05, 0.1) is 11.3 Å². The zero-order valence-electron chi connectivity index (χ0n) is 8.31. The minimum absolute atomic E-state index is 0.506. The highest BCUT2D eigenvalue weighted by atomic mass is 32.2. The number of aromatic nitrogens is 1. The molecule has 1 saturated heterocycles. The lowest BCUT2D eigenvalue weighted by Crippen LogP contribution is -2.33. The monoisotopic (exact) mass is 220 g/mol. The van der Waals surface area contributed by atoms with Crippen LogP contribution in [0.25, 0.3) is 0 Å². The Labute approximate surface area is 93.1 Å². The smallest absolute Gasteiger partial charge is 0.153 e. The van der Waals surface area contributed by atoms with Gasteiger partial charge >= 0.3 is 0 Å². The predicted molar refractivity (Wildman–Crippen MR) is 62.9 cm³/mol. The Hall–Kier alpha value is -1.41. The zero-order chi connectivity index (χ0) is 10.7. The van der Waals surface area contributed by atoms with E-state index in [1.165, 1.54) is 0 Å². The van der Waals surface area contributed by atoms with Crippen LogP contribution in [0.15, 0.2) is 12.3 Å². The average molecular weight is 220 g/mol. The molecule has 2 rings (SSSR count). The van der Waals surface area contributed by atoms with Gasteiger partial charge in [0.15, 0.2) is 5.82 Å². The molecular formula is C10H12N4S. The van der Waals surface area contributed by atoms with E-state index >= 15 is 0 Å². The Balaban J connectivity index is 2.31. The van der Waals surface area contributed by atoms with E-state index in [-0.39, 0.29) is 0 Å². The molecule has 0 aliphatic carbocycles. The van der Waals surface area contributed by atoms with Crippen molar-refractivity contribution < 1.29 is 0 Å². The van der Waals surface area contributed by atoms with Crippen LogP contribution in [0, 0.1) is 11.3 Å². The minimum atomic E-state index is 0.506. The van der Waals surface area contributed by atoms with Gasteiger partial charge < -0.3 is 10.6 Å². The third-order valence-electron chi connectivity index (χ3n) is 2.40. The fourth-order valence-electron chi connectivity index (χ4n) is 1.59. The minimum Gasteiger partial charge on any atom is -0.395 e. The van der Waals surface area contributed by atoms with E-state index in [1.54, 1.807) is 12.3 Å². The lowest BCUT2D eigenvalue weighted by molar-refractivity contribution is 0.841. The molecule has 0 aromatic carbocycles. The van der Waals surface area contributed by atoms with Gasteiger partial charge in [-0.1, -0.05) is 0 Å². The molecule has 78 valence electrons. The fourth-order valence-corrected chi connectivity index (χ4v) is 2.49. The first kappa shape index (κ1) is 10.1. The molecule has 0 unspecified atom stereocenters. The number of nitriles is 1. The van der Waals surface area contributed by atoms with Crippen LogP contribution >= 0.6 is 11.8 Å². The molecule has 1 fully saturated rings. The van der Waals surface area contributed by atoms with Gasteiger partial charge in [0, 0.05) is 30.8 Å². The lowest BCUT2D eigenvalue weighted by Gasteiger charge is -2.28. The van der Waals surface area contributed by atoms with Crippen molar-refractivity contribution >= 4 is 23.3 Å². The van der Waals surface area contributed by atoms with E-state index in [4.69, 9.17) is 11.0 Å². The Bertz CT molecular complexity index is 393. The van der Waals surface area contributed by atoms with Crippen LogP contribution in [0.4, 0.5) is 11.5 Å². The van der Waals surface area contributed by atoms with Crippen LogP contribution in [0.5, 0.6) is 0 Å². The summed E-state index contributed by atoms with van der Waals surface area (Å²) in [7, 11) is 0. The van der Waals surface area contributed by atoms with Gasteiger partial charge in [0.2, 0.25) is 0 Å². The van der Waals surface area contributed by atoms with Crippen LogP contribution in [0.2, 0.25) is 0 Å². The second-order valence-electron chi connectivity index (χ2n) is 3.31. The van der Waals surface area contributed by atoms with Gasteiger partial charge in [0.1, 0.15) is 6.07 Å². The molecule has 0 atom stereocenters. The maximum absolute atomic E-state index is 8.86. The van der Waals surface area contributed by atoms with Crippen LogP contribution in [-0.2, 0) is 0 Å². The van der Waals surface area contributed by atoms with E-state index in [2.05, 4.69) is 16.0 Å². The fraction of sp³-hybridized carbons (Fsp3) is 0.400. The first-order chi connectivity index (χ1) is 7.33. The third-order valence-corrected chi connectivity index (χ3v) is 3.34. The molecule has 4 nitrogen and oxygen atoms in total. The Morgan fingerprint density at radius 2 is 2.20 bits per heavy atom. The number of nitrogens with two attached hydrogens (primary N) is 1. The number of thioether (sulfide) groups is 1.